The monoisotopic (exact) mass is 323 g/mol. The first-order valence-electron chi connectivity index (χ1n) is 8.00. The van der Waals surface area contributed by atoms with Crippen LogP contribution in [-0.4, -0.2) is 33.7 Å². The van der Waals surface area contributed by atoms with E-state index in [1.807, 2.05) is 49.5 Å². The highest BCUT2D eigenvalue weighted by atomic mass is 16.5. The molecule has 5 nitrogen and oxygen atoms in total. The van der Waals surface area contributed by atoms with E-state index in [-0.39, 0.29) is 11.8 Å². The second kappa shape index (κ2) is 7.27. The molecule has 3 rings (SSSR count). The van der Waals surface area contributed by atoms with E-state index in [1.165, 1.54) is 0 Å². The average Bonchev–Trinajstić information content (AvgIpc) is 3.09. The van der Waals surface area contributed by atoms with Gasteiger partial charge in [-0.05, 0) is 31.7 Å². The third kappa shape index (κ3) is 3.81. The molecule has 5 heteroatoms. The first kappa shape index (κ1) is 16.2. The summed E-state index contributed by atoms with van der Waals surface area (Å²) in [6, 6.07) is 17.3. The van der Waals surface area contributed by atoms with Gasteiger partial charge < -0.3 is 9.63 Å². The molecule has 0 fully saturated rings. The minimum absolute atomic E-state index is 0.189. The Hall–Kier alpha value is -2.66. The number of likely N-dealkylation sites (N-methyl/N-ethyl adjacent to an activating group) is 1. The number of nitrogens with zero attached hydrogens (tertiary/aromatic N) is 3. The molecule has 3 aromatic rings. The van der Waals surface area contributed by atoms with Crippen LogP contribution in [0.1, 0.15) is 24.4 Å². The Morgan fingerprint density at radius 1 is 1.12 bits per heavy atom. The summed E-state index contributed by atoms with van der Waals surface area (Å²) in [6.07, 6.45) is 0.680. The number of phenols is 1. The molecule has 2 aromatic carbocycles. The van der Waals surface area contributed by atoms with Gasteiger partial charge in [-0.2, -0.15) is 4.98 Å². The topological polar surface area (TPSA) is 62.4 Å². The van der Waals surface area contributed by atoms with Gasteiger partial charge in [0.15, 0.2) is 0 Å². The predicted molar refractivity (Wildman–Crippen MR) is 92.6 cm³/mol. The fourth-order valence-electron chi connectivity index (χ4n) is 2.57. The minimum Gasteiger partial charge on any atom is -0.508 e. The highest BCUT2D eigenvalue weighted by molar-refractivity contribution is 5.53. The SMILES string of the molecule is CC(c1cccc(O)c1)N(C)CCc1nc(-c2ccccc2)no1. The molecule has 1 aromatic heterocycles. The van der Waals surface area contributed by atoms with Crippen molar-refractivity contribution >= 4 is 0 Å². The summed E-state index contributed by atoms with van der Waals surface area (Å²) in [5.41, 5.74) is 2.03. The molecule has 1 unspecified atom stereocenters. The Bertz CT molecular complexity index is 786. The molecule has 1 N–H and O–H groups in total. The van der Waals surface area contributed by atoms with Crippen LogP contribution in [-0.2, 0) is 6.42 Å². The van der Waals surface area contributed by atoms with E-state index >= 15 is 0 Å². The molecule has 1 heterocycles. The van der Waals surface area contributed by atoms with Crippen molar-refractivity contribution in [3.63, 3.8) is 0 Å². The van der Waals surface area contributed by atoms with Gasteiger partial charge >= 0.3 is 0 Å². The Balaban J connectivity index is 1.60. The van der Waals surface area contributed by atoms with Gasteiger partial charge in [-0.15, -0.1) is 0 Å². The van der Waals surface area contributed by atoms with Crippen LogP contribution in [0, 0.1) is 0 Å². The van der Waals surface area contributed by atoms with Gasteiger partial charge in [-0.3, -0.25) is 4.90 Å². The van der Waals surface area contributed by atoms with E-state index in [1.54, 1.807) is 12.1 Å². The van der Waals surface area contributed by atoms with Gasteiger partial charge in [0.05, 0.1) is 0 Å². The van der Waals surface area contributed by atoms with Crippen molar-refractivity contribution in [1.29, 1.82) is 0 Å². The van der Waals surface area contributed by atoms with Crippen molar-refractivity contribution in [2.24, 2.45) is 0 Å². The van der Waals surface area contributed by atoms with E-state index in [0.29, 0.717) is 18.1 Å². The fourth-order valence-corrected chi connectivity index (χ4v) is 2.57. The minimum atomic E-state index is 0.189. The summed E-state index contributed by atoms with van der Waals surface area (Å²) in [4.78, 5) is 6.65. The van der Waals surface area contributed by atoms with Crippen molar-refractivity contribution in [1.82, 2.24) is 15.0 Å². The zero-order valence-electron chi connectivity index (χ0n) is 13.9. The Labute approximate surface area is 141 Å². The van der Waals surface area contributed by atoms with Crippen LogP contribution in [0.15, 0.2) is 59.1 Å². The summed E-state index contributed by atoms with van der Waals surface area (Å²) in [5.74, 6) is 1.54. The number of benzene rings is 2. The lowest BCUT2D eigenvalue weighted by atomic mass is 10.1. The van der Waals surface area contributed by atoms with Crippen molar-refractivity contribution in [2.75, 3.05) is 13.6 Å². The van der Waals surface area contributed by atoms with Crippen LogP contribution in [0.25, 0.3) is 11.4 Å². The van der Waals surface area contributed by atoms with Gasteiger partial charge in [0.2, 0.25) is 11.7 Å². The van der Waals surface area contributed by atoms with Crippen LogP contribution >= 0.6 is 0 Å². The Morgan fingerprint density at radius 2 is 1.92 bits per heavy atom. The van der Waals surface area contributed by atoms with Crippen LogP contribution in [0.3, 0.4) is 0 Å². The first-order valence-corrected chi connectivity index (χ1v) is 8.00. The van der Waals surface area contributed by atoms with Gasteiger partial charge in [-0.1, -0.05) is 47.6 Å². The second-order valence-electron chi connectivity index (χ2n) is 5.88. The number of hydrogen-bond acceptors (Lipinski definition) is 5. The highest BCUT2D eigenvalue weighted by Gasteiger charge is 2.14. The molecule has 0 saturated carbocycles. The van der Waals surface area contributed by atoms with Crippen LogP contribution < -0.4 is 0 Å². The molecular formula is C19H21N3O2. The normalized spacial score (nSPS) is 12.5. The largest absolute Gasteiger partial charge is 0.508 e. The lowest BCUT2D eigenvalue weighted by molar-refractivity contribution is 0.251. The highest BCUT2D eigenvalue weighted by Crippen LogP contribution is 2.22. The van der Waals surface area contributed by atoms with Crippen molar-refractivity contribution < 1.29 is 9.63 Å². The smallest absolute Gasteiger partial charge is 0.228 e. The quantitative estimate of drug-likeness (QED) is 0.750. The Kier molecular flexibility index (Phi) is 4.91. The molecule has 0 aliphatic rings. The van der Waals surface area contributed by atoms with Crippen molar-refractivity contribution in [2.45, 2.75) is 19.4 Å². The third-order valence-electron chi connectivity index (χ3n) is 4.19. The molecule has 1 atom stereocenters. The van der Waals surface area contributed by atoms with Crippen molar-refractivity contribution in [3.8, 4) is 17.1 Å². The maximum absolute atomic E-state index is 9.61. The van der Waals surface area contributed by atoms with E-state index in [2.05, 4.69) is 22.0 Å². The number of aromatic hydroxyl groups is 1. The zero-order valence-corrected chi connectivity index (χ0v) is 13.9. The van der Waals surface area contributed by atoms with E-state index in [4.69, 9.17) is 4.52 Å². The number of aromatic nitrogens is 2. The standard InChI is InChI=1S/C19H21N3O2/c1-14(16-9-6-10-17(23)13-16)22(2)12-11-18-20-19(21-24-18)15-7-4-3-5-8-15/h3-10,13-14,23H,11-12H2,1-2H3. The molecule has 124 valence electrons. The van der Waals surface area contributed by atoms with Gasteiger partial charge in [0, 0.05) is 24.6 Å². The van der Waals surface area contributed by atoms with Gasteiger partial charge in [-0.25, -0.2) is 0 Å². The van der Waals surface area contributed by atoms with E-state index in [9.17, 15) is 5.11 Å². The summed E-state index contributed by atoms with van der Waals surface area (Å²) in [7, 11) is 2.04. The number of phenolic OH excluding ortho intramolecular Hbond substituents is 1. The lowest BCUT2D eigenvalue weighted by Crippen LogP contribution is -2.24. The average molecular weight is 323 g/mol. The van der Waals surface area contributed by atoms with E-state index < -0.39 is 0 Å². The third-order valence-corrected chi connectivity index (χ3v) is 4.19. The van der Waals surface area contributed by atoms with Gasteiger partial charge in [0.1, 0.15) is 5.75 Å². The molecule has 0 spiro atoms. The molecule has 0 radical (unpaired) electrons. The molecule has 0 bridgehead atoms. The van der Waals surface area contributed by atoms with E-state index in [0.717, 1.165) is 17.7 Å². The summed E-state index contributed by atoms with van der Waals surface area (Å²) in [5, 5.41) is 13.7. The maximum Gasteiger partial charge on any atom is 0.228 e. The number of rotatable bonds is 6. The molecule has 0 amide bonds. The van der Waals surface area contributed by atoms with Crippen molar-refractivity contribution in [3.05, 3.63) is 66.1 Å². The first-order chi connectivity index (χ1) is 11.6. The van der Waals surface area contributed by atoms with Gasteiger partial charge in [0.25, 0.3) is 0 Å². The van der Waals surface area contributed by atoms with Crippen LogP contribution in [0.4, 0.5) is 0 Å². The van der Waals surface area contributed by atoms with Crippen LogP contribution in [0.5, 0.6) is 5.75 Å². The summed E-state index contributed by atoms with van der Waals surface area (Å²) in [6.45, 7) is 2.89. The molecule has 24 heavy (non-hydrogen) atoms. The predicted octanol–water partition coefficient (Wildman–Crippen LogP) is 3.68. The zero-order chi connectivity index (χ0) is 16.9. The maximum atomic E-state index is 9.61. The fraction of sp³-hybridized carbons (Fsp3) is 0.263. The summed E-state index contributed by atoms with van der Waals surface area (Å²) >= 11 is 0. The summed E-state index contributed by atoms with van der Waals surface area (Å²) < 4.78 is 5.35. The number of hydrogen-bond donors (Lipinski definition) is 1. The second-order valence-corrected chi connectivity index (χ2v) is 5.88. The molecule has 0 aliphatic heterocycles. The van der Waals surface area contributed by atoms with Crippen LogP contribution in [0.2, 0.25) is 0 Å². The molecule has 0 saturated heterocycles. The molecule has 0 aliphatic carbocycles. The molecular weight excluding hydrogens is 302 g/mol. The Morgan fingerprint density at radius 3 is 2.67 bits per heavy atom. The lowest BCUT2D eigenvalue weighted by Gasteiger charge is -2.24.